The lowest BCUT2D eigenvalue weighted by Crippen LogP contribution is -2.48. The fraction of sp³-hybridized carbons (Fsp3) is 0.450. The molecule has 4 rings (SSSR count). The van der Waals surface area contributed by atoms with Gasteiger partial charge < -0.3 is 14.7 Å². The minimum Gasteiger partial charge on any atom is -0.465 e. The van der Waals surface area contributed by atoms with Crippen molar-refractivity contribution in [2.24, 2.45) is 0 Å². The zero-order valence-electron chi connectivity index (χ0n) is 16.4. The first kappa shape index (κ1) is 21.7. The van der Waals surface area contributed by atoms with Crippen LogP contribution in [0, 0.1) is 11.6 Å². The number of amides is 2. The third-order valence-corrected chi connectivity index (χ3v) is 4.98. The van der Waals surface area contributed by atoms with Gasteiger partial charge in [-0.25, -0.2) is 18.3 Å². The van der Waals surface area contributed by atoms with Crippen molar-refractivity contribution in [2.45, 2.75) is 38.1 Å². The Morgan fingerprint density at radius 3 is 2.50 bits per heavy atom. The first-order chi connectivity index (χ1) is 14.4. The van der Waals surface area contributed by atoms with Crippen LogP contribution in [-0.4, -0.2) is 57.6 Å². The van der Waals surface area contributed by atoms with Gasteiger partial charge in [0.05, 0.1) is 30.4 Å². The summed E-state index contributed by atoms with van der Waals surface area (Å²) in [6.45, 7) is 1.84. The maximum Gasteiger partial charge on any atom is 0.409 e. The fourth-order valence-corrected chi connectivity index (χ4v) is 3.63. The lowest BCUT2D eigenvalue weighted by atomic mass is 9.94. The molecule has 2 aromatic rings. The summed E-state index contributed by atoms with van der Waals surface area (Å²) < 4.78 is 32.2. The van der Waals surface area contributed by atoms with Crippen LogP contribution < -0.4 is 5.32 Å². The number of rotatable bonds is 3. The van der Waals surface area contributed by atoms with Crippen LogP contribution in [0.4, 0.5) is 19.3 Å². The number of carbonyl (C=O) groups is 2. The fourth-order valence-electron chi connectivity index (χ4n) is 3.63. The summed E-state index contributed by atoms with van der Waals surface area (Å²) in [7, 11) is 0. The Morgan fingerprint density at radius 1 is 1.17 bits per heavy atom. The van der Waals surface area contributed by atoms with E-state index < -0.39 is 17.7 Å². The number of ether oxygens (including phenoxy) is 1. The quantitative estimate of drug-likeness (QED) is 0.790. The molecule has 0 bridgehead atoms. The van der Waals surface area contributed by atoms with Gasteiger partial charge in [-0.3, -0.25) is 10.1 Å². The summed E-state index contributed by atoms with van der Waals surface area (Å²) in [6.07, 6.45) is 7.62. The predicted octanol–water partition coefficient (Wildman–Crippen LogP) is 3.42. The molecular formula is C20H24F2N4O4. The third kappa shape index (κ3) is 5.99. The molecule has 0 atom stereocenters. The Morgan fingerprint density at radius 2 is 1.87 bits per heavy atom. The Kier molecular flexibility index (Phi) is 7.34. The number of halogens is 2. The number of anilines is 1. The van der Waals surface area contributed by atoms with Crippen molar-refractivity contribution in [3.8, 4) is 5.69 Å². The van der Waals surface area contributed by atoms with E-state index in [4.69, 9.17) is 9.84 Å². The van der Waals surface area contributed by atoms with Crippen LogP contribution in [0.15, 0.2) is 30.6 Å². The van der Waals surface area contributed by atoms with Gasteiger partial charge >= 0.3 is 6.09 Å². The maximum absolute atomic E-state index is 12.9. The molecule has 1 aliphatic carbocycles. The monoisotopic (exact) mass is 422 g/mol. The van der Waals surface area contributed by atoms with Crippen molar-refractivity contribution >= 4 is 17.7 Å². The summed E-state index contributed by atoms with van der Waals surface area (Å²) >= 11 is 0. The third-order valence-electron chi connectivity index (χ3n) is 4.98. The zero-order valence-corrected chi connectivity index (χ0v) is 16.4. The van der Waals surface area contributed by atoms with Crippen molar-refractivity contribution in [1.82, 2.24) is 14.7 Å². The lowest BCUT2D eigenvalue weighted by Gasteiger charge is -2.36. The van der Waals surface area contributed by atoms with Crippen LogP contribution >= 0.6 is 0 Å². The second-order valence-corrected chi connectivity index (χ2v) is 7.16. The number of hydrogen-bond acceptors (Lipinski definition) is 4. The largest absolute Gasteiger partial charge is 0.465 e. The van der Waals surface area contributed by atoms with Gasteiger partial charge in [0, 0.05) is 18.7 Å². The van der Waals surface area contributed by atoms with Gasteiger partial charge in [0.15, 0.2) is 0 Å². The van der Waals surface area contributed by atoms with Gasteiger partial charge in [-0.15, -0.1) is 0 Å². The summed E-state index contributed by atoms with van der Waals surface area (Å²) in [6, 6.07) is 3.43. The van der Waals surface area contributed by atoms with E-state index in [1.54, 1.807) is 0 Å². The van der Waals surface area contributed by atoms with Gasteiger partial charge in [-0.2, -0.15) is 5.10 Å². The van der Waals surface area contributed by atoms with Gasteiger partial charge in [0.1, 0.15) is 18.2 Å². The standard InChI is InChI=1S/C10H7F2N3O2.C10H17NO2/c11-6-1-7(12)3-9(2-6)15-5-8(4-13-15)14-10(16)17;12-10-8-13-7-6-11(10)9-4-2-1-3-5-9/h1-5,14H,(H,16,17);9H,1-8H2. The Balaban J connectivity index is 0.000000177. The zero-order chi connectivity index (χ0) is 21.5. The van der Waals surface area contributed by atoms with E-state index in [9.17, 15) is 18.4 Å². The number of morpholine rings is 1. The molecule has 1 saturated carbocycles. The molecule has 0 radical (unpaired) electrons. The number of hydrogen-bond donors (Lipinski definition) is 2. The molecule has 30 heavy (non-hydrogen) atoms. The highest BCUT2D eigenvalue weighted by atomic mass is 19.1. The molecule has 0 unspecified atom stereocenters. The van der Waals surface area contributed by atoms with Crippen molar-refractivity contribution in [3.63, 3.8) is 0 Å². The minimum absolute atomic E-state index is 0.168. The maximum atomic E-state index is 12.9. The van der Waals surface area contributed by atoms with Crippen LogP contribution in [0.5, 0.6) is 0 Å². The number of aromatic nitrogens is 2. The summed E-state index contributed by atoms with van der Waals surface area (Å²) in [5.41, 5.74) is 0.378. The van der Waals surface area contributed by atoms with E-state index in [0.717, 1.165) is 36.0 Å². The van der Waals surface area contributed by atoms with Crippen LogP contribution in [0.25, 0.3) is 5.69 Å². The summed E-state index contributed by atoms with van der Waals surface area (Å²) in [4.78, 5) is 23.9. The smallest absolute Gasteiger partial charge is 0.409 e. The first-order valence-corrected chi connectivity index (χ1v) is 9.80. The normalized spacial score (nSPS) is 17.3. The highest BCUT2D eigenvalue weighted by molar-refractivity contribution is 5.82. The minimum atomic E-state index is -1.24. The molecule has 162 valence electrons. The van der Waals surface area contributed by atoms with Crippen molar-refractivity contribution in [3.05, 3.63) is 42.2 Å². The summed E-state index contributed by atoms with van der Waals surface area (Å²) in [5, 5.41) is 14.3. The molecule has 2 aliphatic rings. The molecule has 1 aliphatic heterocycles. The van der Waals surface area contributed by atoms with Crippen LogP contribution in [0.3, 0.4) is 0 Å². The number of benzene rings is 1. The van der Waals surface area contributed by atoms with Crippen LogP contribution in [0.1, 0.15) is 32.1 Å². The van der Waals surface area contributed by atoms with Crippen molar-refractivity contribution in [1.29, 1.82) is 0 Å². The topological polar surface area (TPSA) is 96.7 Å². The average molecular weight is 422 g/mol. The molecule has 2 amide bonds. The molecule has 0 spiro atoms. The highest BCUT2D eigenvalue weighted by Crippen LogP contribution is 2.23. The SMILES string of the molecule is O=C(O)Nc1cnn(-c2cc(F)cc(F)c2)c1.O=C1COCCN1C1CCCCC1. The number of nitrogens with zero attached hydrogens (tertiary/aromatic N) is 3. The molecule has 10 heteroatoms. The molecule has 8 nitrogen and oxygen atoms in total. The predicted molar refractivity (Wildman–Crippen MR) is 105 cm³/mol. The Bertz CT molecular complexity index is 863. The number of carboxylic acid groups (broad SMARTS) is 1. The van der Waals surface area contributed by atoms with Gasteiger partial charge in [0.2, 0.25) is 5.91 Å². The number of carbonyl (C=O) groups excluding carboxylic acids is 1. The van der Waals surface area contributed by atoms with Crippen molar-refractivity contribution < 1.29 is 28.2 Å². The molecule has 2 fully saturated rings. The molecule has 1 aromatic heterocycles. The van der Waals surface area contributed by atoms with E-state index in [1.807, 2.05) is 4.90 Å². The van der Waals surface area contributed by atoms with Crippen LogP contribution in [-0.2, 0) is 9.53 Å². The van der Waals surface area contributed by atoms with E-state index in [0.29, 0.717) is 12.6 Å². The average Bonchev–Trinajstić information content (AvgIpc) is 3.17. The Hall–Kier alpha value is -3.01. The molecule has 1 saturated heterocycles. The van der Waals surface area contributed by atoms with Gasteiger partial charge in [-0.1, -0.05) is 19.3 Å². The second kappa shape index (κ2) is 10.1. The second-order valence-electron chi connectivity index (χ2n) is 7.16. The van der Waals surface area contributed by atoms with Crippen LogP contribution in [0.2, 0.25) is 0 Å². The van der Waals surface area contributed by atoms with E-state index in [-0.39, 0.29) is 17.3 Å². The van der Waals surface area contributed by atoms with Crippen molar-refractivity contribution in [2.75, 3.05) is 25.1 Å². The first-order valence-electron chi connectivity index (χ1n) is 9.80. The molecular weight excluding hydrogens is 398 g/mol. The number of nitrogens with one attached hydrogen (secondary N) is 1. The summed E-state index contributed by atoms with van der Waals surface area (Å²) in [5.74, 6) is -1.27. The van der Waals surface area contributed by atoms with Gasteiger partial charge in [0.25, 0.3) is 0 Å². The van der Waals surface area contributed by atoms with E-state index in [2.05, 4.69) is 10.4 Å². The Labute approximate surface area is 172 Å². The molecule has 2 N–H and O–H groups in total. The van der Waals surface area contributed by atoms with Gasteiger partial charge in [-0.05, 0) is 25.0 Å². The van der Waals surface area contributed by atoms with E-state index in [1.165, 1.54) is 44.5 Å². The lowest BCUT2D eigenvalue weighted by molar-refractivity contribution is -0.146. The highest BCUT2D eigenvalue weighted by Gasteiger charge is 2.27. The van der Waals surface area contributed by atoms with E-state index >= 15 is 0 Å². The molecule has 1 aromatic carbocycles. The molecule has 2 heterocycles.